The maximum absolute atomic E-state index is 6.58. The molecule has 2 aromatic carbocycles. The normalized spacial score (nSPS) is 13.8. The summed E-state index contributed by atoms with van der Waals surface area (Å²) in [6.07, 6.45) is 2.27. The van der Waals surface area contributed by atoms with Crippen LogP contribution in [0.4, 0.5) is 0 Å². The minimum Gasteiger partial charge on any atom is -0.496 e. The predicted molar refractivity (Wildman–Crippen MR) is 84.1 cm³/mol. The van der Waals surface area contributed by atoms with Crippen molar-refractivity contribution >= 4 is 0 Å². The van der Waals surface area contributed by atoms with Gasteiger partial charge in [-0.1, -0.05) is 55.8 Å². The standard InChI is InChI=1S/C18H23NO/c1-4-7-14-10-12-15(13-11-14)18(2,19)16-8-5-6-9-17(16)20-3/h5-6,8-13H,4,7,19H2,1-3H3. The van der Waals surface area contributed by atoms with Crippen LogP contribution >= 0.6 is 0 Å². The molecule has 106 valence electrons. The van der Waals surface area contributed by atoms with E-state index in [9.17, 15) is 0 Å². The van der Waals surface area contributed by atoms with Crippen molar-refractivity contribution in [1.29, 1.82) is 0 Å². The van der Waals surface area contributed by atoms with Crippen molar-refractivity contribution in [2.45, 2.75) is 32.2 Å². The Bertz CT molecular complexity index is 558. The molecule has 2 rings (SSSR count). The van der Waals surface area contributed by atoms with E-state index in [1.54, 1.807) is 7.11 Å². The van der Waals surface area contributed by atoms with Gasteiger partial charge in [-0.25, -0.2) is 0 Å². The Hall–Kier alpha value is -1.80. The van der Waals surface area contributed by atoms with Gasteiger partial charge in [0.15, 0.2) is 0 Å². The lowest BCUT2D eigenvalue weighted by molar-refractivity contribution is 0.399. The molecule has 0 heterocycles. The summed E-state index contributed by atoms with van der Waals surface area (Å²) in [6, 6.07) is 16.5. The molecule has 0 bridgehead atoms. The summed E-state index contributed by atoms with van der Waals surface area (Å²) in [5.74, 6) is 0.829. The quantitative estimate of drug-likeness (QED) is 0.894. The minimum absolute atomic E-state index is 0.558. The van der Waals surface area contributed by atoms with E-state index in [-0.39, 0.29) is 0 Å². The zero-order valence-corrected chi connectivity index (χ0v) is 12.5. The Morgan fingerprint density at radius 2 is 1.70 bits per heavy atom. The van der Waals surface area contributed by atoms with E-state index in [2.05, 4.69) is 31.2 Å². The Labute approximate surface area is 121 Å². The molecule has 0 aliphatic carbocycles. The van der Waals surface area contributed by atoms with Gasteiger partial charge >= 0.3 is 0 Å². The van der Waals surface area contributed by atoms with Crippen LogP contribution < -0.4 is 10.5 Å². The van der Waals surface area contributed by atoms with Gasteiger partial charge in [0.1, 0.15) is 5.75 Å². The van der Waals surface area contributed by atoms with Crippen LogP contribution in [0.15, 0.2) is 48.5 Å². The summed E-state index contributed by atoms with van der Waals surface area (Å²) in [6.45, 7) is 4.22. The number of para-hydroxylation sites is 1. The van der Waals surface area contributed by atoms with E-state index in [1.165, 1.54) is 5.56 Å². The van der Waals surface area contributed by atoms with Crippen molar-refractivity contribution in [2.24, 2.45) is 5.73 Å². The molecule has 1 atom stereocenters. The lowest BCUT2D eigenvalue weighted by atomic mass is 9.84. The highest BCUT2D eigenvalue weighted by Crippen LogP contribution is 2.33. The predicted octanol–water partition coefficient (Wildman–Crippen LogP) is 3.87. The van der Waals surface area contributed by atoms with Gasteiger partial charge in [-0.05, 0) is 30.5 Å². The van der Waals surface area contributed by atoms with Gasteiger partial charge in [0.05, 0.1) is 12.6 Å². The summed E-state index contributed by atoms with van der Waals surface area (Å²) in [7, 11) is 1.68. The summed E-state index contributed by atoms with van der Waals surface area (Å²) >= 11 is 0. The van der Waals surface area contributed by atoms with Gasteiger partial charge in [-0.3, -0.25) is 0 Å². The Balaban J connectivity index is 2.38. The maximum atomic E-state index is 6.58. The number of ether oxygens (including phenoxy) is 1. The molecule has 0 spiro atoms. The van der Waals surface area contributed by atoms with Crippen molar-refractivity contribution in [2.75, 3.05) is 7.11 Å². The Morgan fingerprint density at radius 1 is 1.05 bits per heavy atom. The lowest BCUT2D eigenvalue weighted by Crippen LogP contribution is -2.34. The maximum Gasteiger partial charge on any atom is 0.124 e. The van der Waals surface area contributed by atoms with E-state index >= 15 is 0 Å². The summed E-state index contributed by atoms with van der Waals surface area (Å²) in [4.78, 5) is 0. The Kier molecular flexibility index (Phi) is 4.46. The van der Waals surface area contributed by atoms with Gasteiger partial charge in [-0.2, -0.15) is 0 Å². The third kappa shape index (κ3) is 2.86. The van der Waals surface area contributed by atoms with E-state index in [0.717, 1.165) is 29.7 Å². The highest BCUT2D eigenvalue weighted by molar-refractivity contribution is 5.45. The van der Waals surface area contributed by atoms with Gasteiger partial charge in [0, 0.05) is 5.56 Å². The molecule has 20 heavy (non-hydrogen) atoms. The van der Waals surface area contributed by atoms with Crippen molar-refractivity contribution in [1.82, 2.24) is 0 Å². The smallest absolute Gasteiger partial charge is 0.124 e. The van der Waals surface area contributed by atoms with Gasteiger partial charge in [0.2, 0.25) is 0 Å². The number of hydrogen-bond acceptors (Lipinski definition) is 2. The fourth-order valence-electron chi connectivity index (χ4n) is 2.54. The monoisotopic (exact) mass is 269 g/mol. The highest BCUT2D eigenvalue weighted by Gasteiger charge is 2.26. The van der Waals surface area contributed by atoms with E-state index in [0.29, 0.717) is 0 Å². The first-order valence-electron chi connectivity index (χ1n) is 7.11. The van der Waals surface area contributed by atoms with Crippen LogP contribution in [-0.2, 0) is 12.0 Å². The summed E-state index contributed by atoms with van der Waals surface area (Å²) < 4.78 is 5.44. The third-order valence-corrected chi connectivity index (χ3v) is 3.76. The first-order chi connectivity index (χ1) is 9.59. The van der Waals surface area contributed by atoms with Crippen LogP contribution in [0.25, 0.3) is 0 Å². The molecular formula is C18H23NO. The number of hydrogen-bond donors (Lipinski definition) is 1. The number of methoxy groups -OCH3 is 1. The van der Waals surface area contributed by atoms with Crippen LogP contribution in [0.3, 0.4) is 0 Å². The molecule has 0 radical (unpaired) electrons. The molecule has 2 heteroatoms. The Morgan fingerprint density at radius 3 is 2.30 bits per heavy atom. The van der Waals surface area contributed by atoms with E-state index in [4.69, 9.17) is 10.5 Å². The zero-order valence-electron chi connectivity index (χ0n) is 12.5. The second-order valence-corrected chi connectivity index (χ2v) is 5.35. The molecule has 1 unspecified atom stereocenters. The average Bonchev–Trinajstić information content (AvgIpc) is 2.48. The molecule has 0 aromatic heterocycles. The number of rotatable bonds is 5. The molecule has 2 aromatic rings. The lowest BCUT2D eigenvalue weighted by Gasteiger charge is -2.28. The molecular weight excluding hydrogens is 246 g/mol. The topological polar surface area (TPSA) is 35.2 Å². The average molecular weight is 269 g/mol. The first-order valence-corrected chi connectivity index (χ1v) is 7.11. The fourth-order valence-corrected chi connectivity index (χ4v) is 2.54. The van der Waals surface area contributed by atoms with Crippen LogP contribution in [0.5, 0.6) is 5.75 Å². The number of benzene rings is 2. The molecule has 0 saturated heterocycles. The van der Waals surface area contributed by atoms with Crippen molar-refractivity contribution in [3.05, 3.63) is 65.2 Å². The number of aryl methyl sites for hydroxylation is 1. The molecule has 2 nitrogen and oxygen atoms in total. The third-order valence-electron chi connectivity index (χ3n) is 3.76. The van der Waals surface area contributed by atoms with Gasteiger partial charge < -0.3 is 10.5 Å². The second kappa shape index (κ2) is 6.10. The fraction of sp³-hybridized carbons (Fsp3) is 0.333. The van der Waals surface area contributed by atoms with Gasteiger partial charge in [0.25, 0.3) is 0 Å². The van der Waals surface area contributed by atoms with Crippen LogP contribution in [0.1, 0.15) is 37.0 Å². The van der Waals surface area contributed by atoms with Crippen molar-refractivity contribution < 1.29 is 4.74 Å². The van der Waals surface area contributed by atoms with Crippen molar-refractivity contribution in [3.8, 4) is 5.75 Å². The van der Waals surface area contributed by atoms with E-state index < -0.39 is 5.54 Å². The van der Waals surface area contributed by atoms with Gasteiger partial charge in [-0.15, -0.1) is 0 Å². The molecule has 0 saturated carbocycles. The molecule has 0 amide bonds. The zero-order chi connectivity index (χ0) is 14.6. The largest absolute Gasteiger partial charge is 0.496 e. The molecule has 0 aliphatic rings. The summed E-state index contributed by atoms with van der Waals surface area (Å²) in [5, 5.41) is 0. The highest BCUT2D eigenvalue weighted by atomic mass is 16.5. The van der Waals surface area contributed by atoms with Crippen molar-refractivity contribution in [3.63, 3.8) is 0 Å². The second-order valence-electron chi connectivity index (χ2n) is 5.35. The molecule has 2 N–H and O–H groups in total. The van der Waals surface area contributed by atoms with Crippen LogP contribution in [0, 0.1) is 0 Å². The van der Waals surface area contributed by atoms with Crippen LogP contribution in [0.2, 0.25) is 0 Å². The first kappa shape index (κ1) is 14.6. The number of nitrogens with two attached hydrogens (primary N) is 1. The van der Waals surface area contributed by atoms with Crippen LogP contribution in [-0.4, -0.2) is 7.11 Å². The van der Waals surface area contributed by atoms with E-state index in [1.807, 2.05) is 31.2 Å². The molecule has 0 fully saturated rings. The summed E-state index contributed by atoms with van der Waals surface area (Å²) in [5.41, 5.74) is 9.48. The SMILES string of the molecule is CCCc1ccc(C(C)(N)c2ccccc2OC)cc1. The minimum atomic E-state index is -0.558. The molecule has 0 aliphatic heterocycles.